The molecule has 3 N–H and O–H groups in total. The Morgan fingerprint density at radius 1 is 1.57 bits per heavy atom. The highest BCUT2D eigenvalue weighted by Crippen LogP contribution is 2.32. The molecule has 1 saturated heterocycles. The number of nitrogens with zero attached hydrogens (tertiary/aromatic N) is 1. The van der Waals surface area contributed by atoms with Crippen LogP contribution >= 0.6 is 0 Å². The average Bonchev–Trinajstić information content (AvgIpc) is 2.76. The van der Waals surface area contributed by atoms with E-state index in [0.29, 0.717) is 0 Å². The maximum Gasteiger partial charge on any atom is 0.330 e. The number of hydrogen-bond acceptors (Lipinski definition) is 7. The van der Waals surface area contributed by atoms with Crippen LogP contribution in [0, 0.1) is 0 Å². The Kier molecular flexibility index (Phi) is 4.36. The van der Waals surface area contributed by atoms with Gasteiger partial charge in [-0.25, -0.2) is 9.59 Å². The van der Waals surface area contributed by atoms with Gasteiger partial charge in [-0.15, -0.1) is 0 Å². The summed E-state index contributed by atoms with van der Waals surface area (Å²) < 4.78 is 10.8. The first-order valence-corrected chi connectivity index (χ1v) is 6.03. The van der Waals surface area contributed by atoms with E-state index in [2.05, 4.69) is 4.74 Å². The fourth-order valence-corrected chi connectivity index (χ4v) is 2.04. The van der Waals surface area contributed by atoms with Crippen molar-refractivity contribution >= 4 is 5.97 Å². The standard InChI is InChI=1S/C12H14N2O7/c1-20-9(17)4-6-7(5-15)21-11(10(6)18)14-3-2-8(16)13-12(14)19/h2-4,7,10-11,15,18H,5H2,1H3,(H,13,16,19)/b6-4+. The fourth-order valence-electron chi connectivity index (χ4n) is 2.04. The first kappa shape index (κ1) is 15.2. The van der Waals surface area contributed by atoms with Gasteiger partial charge in [-0.1, -0.05) is 0 Å². The molecule has 114 valence electrons. The Bertz CT molecular complexity index is 675. The highest BCUT2D eigenvalue weighted by atomic mass is 16.5. The van der Waals surface area contributed by atoms with Crippen LogP contribution in [-0.2, 0) is 14.3 Å². The normalized spacial score (nSPS) is 27.0. The fraction of sp³-hybridized carbons (Fsp3) is 0.417. The summed E-state index contributed by atoms with van der Waals surface area (Å²) in [6.07, 6.45) is -1.30. The lowest BCUT2D eigenvalue weighted by molar-refractivity contribution is -0.135. The maximum atomic E-state index is 11.7. The van der Waals surface area contributed by atoms with E-state index in [4.69, 9.17) is 4.74 Å². The summed E-state index contributed by atoms with van der Waals surface area (Å²) >= 11 is 0. The summed E-state index contributed by atoms with van der Waals surface area (Å²) in [6.45, 7) is -0.492. The Morgan fingerprint density at radius 2 is 2.29 bits per heavy atom. The molecule has 2 heterocycles. The molecule has 1 aromatic heterocycles. The van der Waals surface area contributed by atoms with Gasteiger partial charge in [0.05, 0.1) is 13.7 Å². The number of carbonyl (C=O) groups excluding carboxylic acids is 1. The molecule has 9 heteroatoms. The molecule has 2 rings (SSSR count). The Balaban J connectivity index is 2.40. The second-order valence-corrected chi connectivity index (χ2v) is 4.33. The molecule has 1 aliphatic rings. The van der Waals surface area contributed by atoms with Gasteiger partial charge in [0.25, 0.3) is 5.56 Å². The van der Waals surface area contributed by atoms with Gasteiger partial charge in [0.15, 0.2) is 6.23 Å². The molecule has 0 amide bonds. The quantitative estimate of drug-likeness (QED) is 0.430. The zero-order valence-electron chi connectivity index (χ0n) is 11.1. The molecular formula is C12H14N2O7. The molecule has 0 aromatic carbocycles. The summed E-state index contributed by atoms with van der Waals surface area (Å²) in [5.41, 5.74) is -1.28. The van der Waals surface area contributed by atoms with Crippen molar-refractivity contribution in [2.75, 3.05) is 13.7 Å². The van der Waals surface area contributed by atoms with Crippen LogP contribution in [0.3, 0.4) is 0 Å². The number of H-pyrrole nitrogens is 1. The van der Waals surface area contributed by atoms with Gasteiger partial charge in [-0.3, -0.25) is 14.3 Å². The predicted molar refractivity (Wildman–Crippen MR) is 68.4 cm³/mol. The Labute approximate surface area is 118 Å². The van der Waals surface area contributed by atoms with Crippen LogP contribution in [-0.4, -0.2) is 51.7 Å². The van der Waals surface area contributed by atoms with Gasteiger partial charge in [-0.05, 0) is 0 Å². The van der Waals surface area contributed by atoms with Crippen molar-refractivity contribution in [2.45, 2.75) is 18.4 Å². The number of aromatic amines is 1. The van der Waals surface area contributed by atoms with Gasteiger partial charge in [0.2, 0.25) is 0 Å². The zero-order valence-corrected chi connectivity index (χ0v) is 11.1. The van der Waals surface area contributed by atoms with Crippen molar-refractivity contribution in [3.63, 3.8) is 0 Å². The van der Waals surface area contributed by atoms with E-state index in [1.807, 2.05) is 4.98 Å². The maximum absolute atomic E-state index is 11.7. The lowest BCUT2D eigenvalue weighted by Crippen LogP contribution is -2.35. The van der Waals surface area contributed by atoms with Gasteiger partial charge in [0, 0.05) is 23.9 Å². The Morgan fingerprint density at radius 3 is 2.86 bits per heavy atom. The number of nitrogens with one attached hydrogen (secondary N) is 1. The van der Waals surface area contributed by atoms with Crippen LogP contribution in [0.5, 0.6) is 0 Å². The van der Waals surface area contributed by atoms with Gasteiger partial charge >= 0.3 is 11.7 Å². The molecule has 3 atom stereocenters. The van der Waals surface area contributed by atoms with Crippen LogP contribution in [0.25, 0.3) is 0 Å². The second-order valence-electron chi connectivity index (χ2n) is 4.33. The molecule has 3 unspecified atom stereocenters. The van der Waals surface area contributed by atoms with Crippen molar-refractivity contribution in [3.8, 4) is 0 Å². The smallest absolute Gasteiger partial charge is 0.330 e. The van der Waals surface area contributed by atoms with E-state index >= 15 is 0 Å². The summed E-state index contributed by atoms with van der Waals surface area (Å²) in [4.78, 5) is 36.0. The van der Waals surface area contributed by atoms with E-state index in [-0.39, 0.29) is 5.57 Å². The molecule has 0 bridgehead atoms. The van der Waals surface area contributed by atoms with Crippen molar-refractivity contribution < 1.29 is 24.5 Å². The number of aliphatic hydroxyl groups is 2. The van der Waals surface area contributed by atoms with Crippen molar-refractivity contribution in [2.24, 2.45) is 0 Å². The topological polar surface area (TPSA) is 131 Å². The highest BCUT2D eigenvalue weighted by molar-refractivity contribution is 5.83. The number of methoxy groups -OCH3 is 1. The van der Waals surface area contributed by atoms with E-state index in [0.717, 1.165) is 22.9 Å². The van der Waals surface area contributed by atoms with Crippen LogP contribution in [0.2, 0.25) is 0 Å². The molecule has 1 aliphatic heterocycles. The number of aromatic nitrogens is 2. The molecule has 0 spiro atoms. The van der Waals surface area contributed by atoms with Crippen LogP contribution < -0.4 is 11.2 Å². The van der Waals surface area contributed by atoms with Gasteiger partial charge in [-0.2, -0.15) is 0 Å². The lowest BCUT2D eigenvalue weighted by atomic mass is 10.1. The summed E-state index contributed by atoms with van der Waals surface area (Å²) in [6, 6.07) is 1.09. The average molecular weight is 298 g/mol. The number of rotatable bonds is 3. The van der Waals surface area contributed by atoms with E-state index in [1.165, 1.54) is 7.11 Å². The molecule has 0 radical (unpaired) electrons. The number of esters is 1. The van der Waals surface area contributed by atoms with Crippen molar-refractivity contribution in [1.29, 1.82) is 0 Å². The molecule has 1 aromatic rings. The minimum atomic E-state index is -1.34. The zero-order chi connectivity index (χ0) is 15.6. The molecule has 9 nitrogen and oxygen atoms in total. The third kappa shape index (κ3) is 2.94. The molecule has 0 aliphatic carbocycles. The van der Waals surface area contributed by atoms with Crippen molar-refractivity contribution in [1.82, 2.24) is 9.55 Å². The third-order valence-corrected chi connectivity index (χ3v) is 3.06. The van der Waals surface area contributed by atoms with Crippen LogP contribution in [0.4, 0.5) is 0 Å². The monoisotopic (exact) mass is 298 g/mol. The first-order chi connectivity index (χ1) is 9.97. The largest absolute Gasteiger partial charge is 0.466 e. The lowest BCUT2D eigenvalue weighted by Gasteiger charge is -2.16. The van der Waals surface area contributed by atoms with Crippen LogP contribution in [0.15, 0.2) is 33.5 Å². The van der Waals surface area contributed by atoms with Crippen molar-refractivity contribution in [3.05, 3.63) is 44.8 Å². The van der Waals surface area contributed by atoms with Gasteiger partial charge < -0.3 is 19.7 Å². The van der Waals surface area contributed by atoms with Crippen LogP contribution in [0.1, 0.15) is 6.23 Å². The molecular weight excluding hydrogens is 284 g/mol. The predicted octanol–water partition coefficient (Wildman–Crippen LogP) is -2.11. The molecule has 0 saturated carbocycles. The van der Waals surface area contributed by atoms with E-state index in [9.17, 15) is 24.6 Å². The molecule has 1 fully saturated rings. The number of carbonyl (C=O) groups is 1. The minimum absolute atomic E-state index is 0.0902. The second kappa shape index (κ2) is 6.04. The highest BCUT2D eigenvalue weighted by Gasteiger charge is 2.40. The third-order valence-electron chi connectivity index (χ3n) is 3.06. The summed E-state index contributed by atoms with van der Waals surface area (Å²) in [5.74, 6) is -0.722. The first-order valence-electron chi connectivity index (χ1n) is 6.03. The van der Waals surface area contributed by atoms with E-state index in [1.54, 1.807) is 0 Å². The van der Waals surface area contributed by atoms with E-state index < -0.39 is 42.3 Å². The number of aliphatic hydroxyl groups excluding tert-OH is 2. The Hall–Kier alpha value is -2.23. The SMILES string of the molecule is COC(=O)/C=C1\C(CO)OC(n2ccc(=O)[nH]c2=O)C1O. The number of hydrogen-bond donors (Lipinski definition) is 3. The summed E-state index contributed by atoms with van der Waals surface area (Å²) in [7, 11) is 1.17. The summed E-state index contributed by atoms with van der Waals surface area (Å²) in [5, 5.41) is 19.4. The number of ether oxygens (including phenoxy) is 2. The van der Waals surface area contributed by atoms with Gasteiger partial charge in [0.1, 0.15) is 12.2 Å². The molecule has 21 heavy (non-hydrogen) atoms. The minimum Gasteiger partial charge on any atom is -0.466 e.